The maximum atomic E-state index is 10.9. The van der Waals surface area contributed by atoms with Gasteiger partial charge in [-0.15, -0.1) is 0 Å². The summed E-state index contributed by atoms with van der Waals surface area (Å²) in [6, 6.07) is 14.1. The molecule has 0 aromatic heterocycles. The van der Waals surface area contributed by atoms with Gasteiger partial charge in [0.05, 0.1) is 18.1 Å². The highest BCUT2D eigenvalue weighted by Crippen LogP contribution is 2.22. The lowest BCUT2D eigenvalue weighted by Gasteiger charge is -2.07. The number of hydrogen-bond acceptors (Lipinski definition) is 4. The molecule has 0 saturated carbocycles. The fourth-order valence-corrected chi connectivity index (χ4v) is 1.91. The summed E-state index contributed by atoms with van der Waals surface area (Å²) in [6.45, 7) is 0.596. The first kappa shape index (κ1) is 14.5. The molecule has 0 aliphatic carbocycles. The smallest absolute Gasteiger partial charge is 0.274 e. The van der Waals surface area contributed by atoms with E-state index in [0.29, 0.717) is 17.2 Å². The first-order valence-electron chi connectivity index (χ1n) is 5.98. The van der Waals surface area contributed by atoms with Crippen LogP contribution in [0.5, 0.6) is 0 Å². The molecule has 0 amide bonds. The fraction of sp³-hybridized carbons (Fsp3) is 0.143. The molecule has 0 aliphatic heterocycles. The van der Waals surface area contributed by atoms with Crippen LogP contribution in [-0.2, 0) is 18.0 Å². The topological polar surface area (TPSA) is 64.4 Å². The number of halogens is 1. The molecule has 0 radical (unpaired) electrons. The van der Waals surface area contributed by atoms with Crippen LogP contribution < -0.4 is 5.48 Å². The van der Waals surface area contributed by atoms with Gasteiger partial charge in [-0.1, -0.05) is 41.9 Å². The van der Waals surface area contributed by atoms with Crippen LogP contribution in [-0.4, -0.2) is 4.92 Å². The van der Waals surface area contributed by atoms with E-state index in [2.05, 4.69) is 5.48 Å². The molecule has 2 aromatic carbocycles. The van der Waals surface area contributed by atoms with Gasteiger partial charge >= 0.3 is 0 Å². The number of hydrogen-bond donors (Lipinski definition) is 1. The third-order valence-corrected chi connectivity index (χ3v) is 2.92. The SMILES string of the molecule is O=[N+]([O-])c1ccc(Cl)cc1CNOCc1ccccc1. The van der Waals surface area contributed by atoms with Gasteiger partial charge in [-0.2, -0.15) is 5.48 Å². The highest BCUT2D eigenvalue weighted by atomic mass is 35.5. The van der Waals surface area contributed by atoms with Crippen molar-refractivity contribution >= 4 is 17.3 Å². The van der Waals surface area contributed by atoms with Crippen molar-refractivity contribution in [3.63, 3.8) is 0 Å². The summed E-state index contributed by atoms with van der Waals surface area (Å²) in [4.78, 5) is 15.7. The van der Waals surface area contributed by atoms with E-state index in [-0.39, 0.29) is 12.2 Å². The van der Waals surface area contributed by atoms with Crippen LogP contribution in [0.2, 0.25) is 5.02 Å². The number of nitrogens with zero attached hydrogens (tertiary/aromatic N) is 1. The Morgan fingerprint density at radius 2 is 1.95 bits per heavy atom. The number of hydroxylamine groups is 1. The van der Waals surface area contributed by atoms with Crippen LogP contribution in [0.3, 0.4) is 0 Å². The Kier molecular flexibility index (Phi) is 5.06. The molecule has 5 nitrogen and oxygen atoms in total. The summed E-state index contributed by atoms with van der Waals surface area (Å²) in [7, 11) is 0. The van der Waals surface area contributed by atoms with Gasteiger partial charge in [0.1, 0.15) is 0 Å². The van der Waals surface area contributed by atoms with E-state index >= 15 is 0 Å². The van der Waals surface area contributed by atoms with Crippen LogP contribution in [0.1, 0.15) is 11.1 Å². The molecule has 0 saturated heterocycles. The van der Waals surface area contributed by atoms with Gasteiger partial charge in [0, 0.05) is 16.7 Å². The second kappa shape index (κ2) is 7.00. The number of benzene rings is 2. The van der Waals surface area contributed by atoms with Gasteiger partial charge in [-0.3, -0.25) is 15.0 Å². The monoisotopic (exact) mass is 292 g/mol. The van der Waals surface area contributed by atoms with Crippen molar-refractivity contribution in [2.24, 2.45) is 0 Å². The standard InChI is InChI=1S/C14H13ClN2O3/c15-13-6-7-14(17(18)19)12(8-13)9-16-20-10-11-4-2-1-3-5-11/h1-8,16H,9-10H2. The van der Waals surface area contributed by atoms with Gasteiger partial charge in [0.25, 0.3) is 5.69 Å². The Morgan fingerprint density at radius 1 is 1.20 bits per heavy atom. The molecule has 1 N–H and O–H groups in total. The minimum atomic E-state index is -0.440. The molecular weight excluding hydrogens is 280 g/mol. The zero-order valence-electron chi connectivity index (χ0n) is 10.6. The predicted octanol–water partition coefficient (Wildman–Crippen LogP) is 3.47. The second-order valence-corrected chi connectivity index (χ2v) is 4.56. The zero-order valence-corrected chi connectivity index (χ0v) is 11.3. The van der Waals surface area contributed by atoms with Crippen LogP contribution in [0.25, 0.3) is 0 Å². The van der Waals surface area contributed by atoms with E-state index in [1.54, 1.807) is 6.07 Å². The quantitative estimate of drug-likeness (QED) is 0.503. The third kappa shape index (κ3) is 4.03. The van der Waals surface area contributed by atoms with Crippen LogP contribution >= 0.6 is 11.6 Å². The van der Waals surface area contributed by atoms with E-state index in [4.69, 9.17) is 16.4 Å². The van der Waals surface area contributed by atoms with Crippen LogP contribution in [0.15, 0.2) is 48.5 Å². The molecule has 0 bridgehead atoms. The Balaban J connectivity index is 1.91. The first-order valence-corrected chi connectivity index (χ1v) is 6.36. The van der Waals surface area contributed by atoms with Crippen molar-refractivity contribution in [3.8, 4) is 0 Å². The summed E-state index contributed by atoms with van der Waals surface area (Å²) < 4.78 is 0. The number of nitrogens with one attached hydrogen (secondary N) is 1. The van der Waals surface area contributed by atoms with Gasteiger partial charge in [0.2, 0.25) is 0 Å². The molecule has 0 fully saturated rings. The summed E-state index contributed by atoms with van der Waals surface area (Å²) in [5, 5.41) is 11.3. The predicted molar refractivity (Wildman–Crippen MR) is 76.2 cm³/mol. The minimum Gasteiger partial charge on any atom is -0.297 e. The molecule has 0 atom stereocenters. The van der Waals surface area contributed by atoms with Gasteiger partial charge in [0.15, 0.2) is 0 Å². The number of nitro benzene ring substituents is 1. The molecule has 2 aromatic rings. The normalized spacial score (nSPS) is 10.4. The lowest BCUT2D eigenvalue weighted by atomic mass is 10.2. The Labute approximate surface area is 121 Å². The lowest BCUT2D eigenvalue weighted by Crippen LogP contribution is -2.15. The Hall–Kier alpha value is -1.95. The van der Waals surface area contributed by atoms with Crippen molar-refractivity contribution < 1.29 is 9.76 Å². The van der Waals surface area contributed by atoms with Crippen LogP contribution in [0.4, 0.5) is 5.69 Å². The summed E-state index contributed by atoms with van der Waals surface area (Å²) in [5.74, 6) is 0. The van der Waals surface area contributed by atoms with Gasteiger partial charge in [-0.05, 0) is 17.7 Å². The maximum absolute atomic E-state index is 10.9. The lowest BCUT2D eigenvalue weighted by molar-refractivity contribution is -0.385. The summed E-state index contributed by atoms with van der Waals surface area (Å²) >= 11 is 5.84. The van der Waals surface area contributed by atoms with E-state index in [1.165, 1.54) is 12.1 Å². The molecule has 6 heteroatoms. The first-order chi connectivity index (χ1) is 9.66. The molecule has 0 unspecified atom stereocenters. The molecule has 104 valence electrons. The summed E-state index contributed by atoms with van der Waals surface area (Å²) in [6.07, 6.45) is 0. The second-order valence-electron chi connectivity index (χ2n) is 4.13. The molecular formula is C14H13ClN2O3. The van der Waals surface area contributed by atoms with Crippen molar-refractivity contribution in [2.75, 3.05) is 0 Å². The maximum Gasteiger partial charge on any atom is 0.274 e. The molecule has 20 heavy (non-hydrogen) atoms. The fourth-order valence-electron chi connectivity index (χ4n) is 1.71. The van der Waals surface area contributed by atoms with Crippen molar-refractivity contribution in [1.82, 2.24) is 5.48 Å². The average Bonchev–Trinajstić information content (AvgIpc) is 2.44. The van der Waals surface area contributed by atoms with Gasteiger partial charge < -0.3 is 0 Å². The van der Waals surface area contributed by atoms with E-state index in [9.17, 15) is 10.1 Å². The molecule has 0 aliphatic rings. The highest BCUT2D eigenvalue weighted by Gasteiger charge is 2.13. The minimum absolute atomic E-state index is 0.0187. The third-order valence-electron chi connectivity index (χ3n) is 2.68. The van der Waals surface area contributed by atoms with Crippen LogP contribution in [0, 0.1) is 10.1 Å². The number of nitro groups is 1. The van der Waals surface area contributed by atoms with Crippen molar-refractivity contribution in [1.29, 1.82) is 0 Å². The zero-order chi connectivity index (χ0) is 14.4. The largest absolute Gasteiger partial charge is 0.297 e. The number of rotatable bonds is 6. The van der Waals surface area contributed by atoms with E-state index < -0.39 is 4.92 Å². The van der Waals surface area contributed by atoms with E-state index in [0.717, 1.165) is 5.56 Å². The molecule has 0 spiro atoms. The molecule has 0 heterocycles. The summed E-state index contributed by atoms with van der Waals surface area (Å²) in [5.41, 5.74) is 4.22. The highest BCUT2D eigenvalue weighted by molar-refractivity contribution is 6.30. The van der Waals surface area contributed by atoms with E-state index in [1.807, 2.05) is 30.3 Å². The Morgan fingerprint density at radius 3 is 2.65 bits per heavy atom. The average molecular weight is 293 g/mol. The Bertz CT molecular complexity index is 590. The van der Waals surface area contributed by atoms with Gasteiger partial charge in [-0.25, -0.2) is 0 Å². The molecule has 2 rings (SSSR count). The van der Waals surface area contributed by atoms with Crippen molar-refractivity contribution in [3.05, 3.63) is 74.8 Å². The van der Waals surface area contributed by atoms with Crippen molar-refractivity contribution in [2.45, 2.75) is 13.2 Å².